The van der Waals surface area contributed by atoms with E-state index in [1.165, 1.54) is 50.4 Å². The number of Topliss-reactive ketones (excluding diaryl/α,β-unsaturated/α-hetero) is 2. The van der Waals surface area contributed by atoms with E-state index in [0.29, 0.717) is 11.1 Å². The lowest BCUT2D eigenvalue weighted by Crippen LogP contribution is -2.65. The molecule has 0 saturated heterocycles. The largest absolute Gasteiger partial charge is 0.508 e. The number of ketones is 2. The van der Waals surface area contributed by atoms with Gasteiger partial charge in [-0.05, 0) is 56.1 Å². The summed E-state index contributed by atoms with van der Waals surface area (Å²) in [5.41, 5.74) is 2.37. The molecule has 4 rings (SSSR count). The molecule has 190 valence electrons. The smallest absolute Gasteiger partial charge is 0.330 e. The summed E-state index contributed by atoms with van der Waals surface area (Å²) in [6, 6.07) is 1.65. The number of methoxy groups -OCH3 is 1. The summed E-state index contributed by atoms with van der Waals surface area (Å²) >= 11 is 0. The Morgan fingerprint density at radius 3 is 2.44 bits per heavy atom. The molecular weight excluding hydrogens is 472 g/mol. The summed E-state index contributed by atoms with van der Waals surface area (Å²) in [7, 11) is 4.27. The average molecular weight is 498 g/mol. The van der Waals surface area contributed by atoms with Gasteiger partial charge in [-0.3, -0.25) is 19.3 Å². The minimum Gasteiger partial charge on any atom is -0.508 e. The molecule has 0 aliphatic heterocycles. The van der Waals surface area contributed by atoms with Gasteiger partial charge in [-0.2, -0.15) is 0 Å². The third kappa shape index (κ3) is 3.42. The topological polar surface area (TPSA) is 188 Å². The zero-order valence-electron chi connectivity index (χ0n) is 19.8. The van der Waals surface area contributed by atoms with Crippen LogP contribution in [-0.2, 0) is 30.3 Å². The second-order valence-corrected chi connectivity index (χ2v) is 9.35. The van der Waals surface area contributed by atoms with Crippen LogP contribution in [0.2, 0.25) is 0 Å². The highest BCUT2D eigenvalue weighted by molar-refractivity contribution is 6.24. The number of phenols is 1. The molecule has 0 radical (unpaired) electrons. The maximum Gasteiger partial charge on any atom is 0.330 e. The molecule has 3 aliphatic rings. The minimum atomic E-state index is -2.69. The lowest BCUT2D eigenvalue weighted by Gasteiger charge is -2.50. The Balaban J connectivity index is 1.94. The summed E-state index contributed by atoms with van der Waals surface area (Å²) in [6.45, 7) is 0. The number of amides is 1. The van der Waals surface area contributed by atoms with Crippen LogP contribution in [-0.4, -0.2) is 81.6 Å². The standard InChI is InChI=1S/C25H26N2O9/c1-27(2)19-13-9-11-8-12-10(5-7-15(29)36-3)4-6-14(28)17(12)20(30)16(11)22(32)25(13,35)23(33)18(21(19)31)24(26)34/h4-7,11,13,19,28,30,33,35H,8-9H2,1-3H3,(H2,26,34)/b7-5+/t11-,13+,19+,25-/m1/s1. The van der Waals surface area contributed by atoms with Crippen LogP contribution in [0.5, 0.6) is 5.75 Å². The van der Waals surface area contributed by atoms with Crippen LogP contribution in [0.4, 0.5) is 0 Å². The van der Waals surface area contributed by atoms with Gasteiger partial charge < -0.3 is 30.9 Å². The molecule has 1 amide bonds. The van der Waals surface area contributed by atoms with Gasteiger partial charge in [0.05, 0.1) is 18.7 Å². The van der Waals surface area contributed by atoms with E-state index in [4.69, 9.17) is 5.73 Å². The fourth-order valence-corrected chi connectivity index (χ4v) is 5.65. The molecule has 1 aromatic carbocycles. The van der Waals surface area contributed by atoms with Gasteiger partial charge in [0, 0.05) is 17.6 Å². The monoisotopic (exact) mass is 498 g/mol. The quantitative estimate of drug-likeness (QED) is 0.217. The van der Waals surface area contributed by atoms with Crippen molar-refractivity contribution in [2.75, 3.05) is 21.2 Å². The molecule has 1 fully saturated rings. The van der Waals surface area contributed by atoms with Crippen LogP contribution >= 0.6 is 0 Å². The van der Waals surface area contributed by atoms with Gasteiger partial charge in [0.15, 0.2) is 11.4 Å². The van der Waals surface area contributed by atoms with E-state index in [1.807, 2.05) is 0 Å². The summed E-state index contributed by atoms with van der Waals surface area (Å²) in [5.74, 6) is -7.77. The number of nitrogens with two attached hydrogens (primary N) is 1. The molecule has 11 nitrogen and oxygen atoms in total. The molecule has 0 unspecified atom stereocenters. The summed E-state index contributed by atoms with van der Waals surface area (Å²) < 4.78 is 4.61. The van der Waals surface area contributed by atoms with Crippen LogP contribution in [0.15, 0.2) is 35.1 Å². The van der Waals surface area contributed by atoms with Crippen LogP contribution < -0.4 is 5.73 Å². The van der Waals surface area contributed by atoms with Gasteiger partial charge >= 0.3 is 5.97 Å². The third-order valence-corrected chi connectivity index (χ3v) is 7.24. The first-order chi connectivity index (χ1) is 16.9. The molecule has 3 aliphatic carbocycles. The van der Waals surface area contributed by atoms with Crippen molar-refractivity contribution in [3.63, 3.8) is 0 Å². The van der Waals surface area contributed by atoms with Crippen molar-refractivity contribution in [3.05, 3.63) is 51.8 Å². The molecule has 36 heavy (non-hydrogen) atoms. The molecule has 11 heteroatoms. The van der Waals surface area contributed by atoms with E-state index in [-0.39, 0.29) is 29.7 Å². The van der Waals surface area contributed by atoms with E-state index < -0.39 is 64.0 Å². The number of likely N-dealkylation sites (N-methyl/N-ethyl adjacent to an activating group) is 1. The molecule has 1 aromatic rings. The maximum absolute atomic E-state index is 13.7. The normalized spacial score (nSPS) is 27.8. The molecule has 0 spiro atoms. The SMILES string of the molecule is COC(=O)/C=C/c1ccc(O)c2c1C[C@@H]1C[C@H]3[C@H](N(C)C)C(=O)C(C(N)=O)=C(O)[C@]3(O)C(=O)C1=C2O. The number of hydrogen-bond acceptors (Lipinski definition) is 10. The number of ether oxygens (including phenoxy) is 1. The number of benzene rings is 1. The predicted molar refractivity (Wildman–Crippen MR) is 125 cm³/mol. The van der Waals surface area contributed by atoms with E-state index in [9.17, 15) is 39.6 Å². The summed E-state index contributed by atoms with van der Waals surface area (Å²) in [5, 5.41) is 44.0. The first kappa shape index (κ1) is 25.1. The Morgan fingerprint density at radius 2 is 1.86 bits per heavy atom. The lowest BCUT2D eigenvalue weighted by atomic mass is 9.57. The van der Waals surface area contributed by atoms with Gasteiger partial charge in [-0.25, -0.2) is 4.79 Å². The first-order valence-corrected chi connectivity index (χ1v) is 11.1. The Kier molecular flexibility index (Phi) is 6.01. The highest BCUT2D eigenvalue weighted by Crippen LogP contribution is 2.53. The lowest BCUT2D eigenvalue weighted by molar-refractivity contribution is -0.153. The predicted octanol–water partition coefficient (Wildman–Crippen LogP) is 0.150. The Bertz CT molecular complexity index is 1310. The van der Waals surface area contributed by atoms with Gasteiger partial charge in [0.1, 0.15) is 22.8 Å². The first-order valence-electron chi connectivity index (χ1n) is 11.1. The number of aliphatic hydroxyl groups is 3. The van der Waals surface area contributed by atoms with E-state index in [0.717, 1.165) is 0 Å². The number of carbonyl (C=O) groups excluding carboxylic acids is 4. The Morgan fingerprint density at radius 1 is 1.19 bits per heavy atom. The number of fused-ring (bicyclic) bond motifs is 3. The molecule has 0 aromatic heterocycles. The number of esters is 1. The van der Waals surface area contributed by atoms with Crippen molar-refractivity contribution in [2.45, 2.75) is 24.5 Å². The van der Waals surface area contributed by atoms with E-state index >= 15 is 0 Å². The van der Waals surface area contributed by atoms with Crippen molar-refractivity contribution in [1.29, 1.82) is 0 Å². The molecule has 0 bridgehead atoms. The van der Waals surface area contributed by atoms with Crippen molar-refractivity contribution in [3.8, 4) is 5.75 Å². The molecule has 0 heterocycles. The van der Waals surface area contributed by atoms with Crippen LogP contribution in [0.3, 0.4) is 0 Å². The maximum atomic E-state index is 13.7. The number of primary amides is 1. The van der Waals surface area contributed by atoms with Crippen molar-refractivity contribution < 1.29 is 44.3 Å². The summed E-state index contributed by atoms with van der Waals surface area (Å²) in [4.78, 5) is 51.9. The fraction of sp³-hybridized carbons (Fsp3) is 0.360. The zero-order valence-corrected chi connectivity index (χ0v) is 19.8. The van der Waals surface area contributed by atoms with Crippen LogP contribution in [0.25, 0.3) is 11.8 Å². The van der Waals surface area contributed by atoms with Gasteiger partial charge in [0.25, 0.3) is 5.91 Å². The fourth-order valence-electron chi connectivity index (χ4n) is 5.65. The van der Waals surface area contributed by atoms with Gasteiger partial charge in [0.2, 0.25) is 5.78 Å². The second-order valence-electron chi connectivity index (χ2n) is 9.35. The molecule has 4 atom stereocenters. The second kappa shape index (κ2) is 8.61. The number of phenolic OH excluding ortho intramolecular Hbond substituents is 1. The number of rotatable bonds is 4. The molecule has 6 N–H and O–H groups in total. The van der Waals surface area contributed by atoms with Crippen molar-refractivity contribution in [2.24, 2.45) is 17.6 Å². The van der Waals surface area contributed by atoms with Crippen LogP contribution in [0, 0.1) is 11.8 Å². The molecular formula is C25H26N2O9. The average Bonchev–Trinajstić information content (AvgIpc) is 2.80. The third-order valence-electron chi connectivity index (χ3n) is 7.24. The van der Waals surface area contributed by atoms with Crippen molar-refractivity contribution >= 4 is 35.3 Å². The Labute approximate surface area is 205 Å². The number of aliphatic hydroxyl groups excluding tert-OH is 2. The zero-order chi connectivity index (χ0) is 26.7. The number of aromatic hydroxyl groups is 1. The van der Waals surface area contributed by atoms with E-state index in [1.54, 1.807) is 0 Å². The van der Waals surface area contributed by atoms with E-state index in [2.05, 4.69) is 4.74 Å². The van der Waals surface area contributed by atoms with Crippen LogP contribution in [0.1, 0.15) is 23.1 Å². The molecule has 1 saturated carbocycles. The van der Waals surface area contributed by atoms with Gasteiger partial charge in [-0.15, -0.1) is 0 Å². The number of nitrogens with zero attached hydrogens (tertiary/aromatic N) is 1. The highest BCUT2D eigenvalue weighted by atomic mass is 16.5. The van der Waals surface area contributed by atoms with Gasteiger partial charge in [-0.1, -0.05) is 6.07 Å². The Hall–Kier alpha value is -3.96. The number of hydrogen-bond donors (Lipinski definition) is 5. The van der Waals surface area contributed by atoms with Crippen molar-refractivity contribution in [1.82, 2.24) is 4.90 Å². The minimum absolute atomic E-state index is 0.0262. The summed E-state index contributed by atoms with van der Waals surface area (Å²) in [6.07, 6.45) is 2.71. The highest BCUT2D eigenvalue weighted by Gasteiger charge is 2.64. The number of carbonyl (C=O) groups is 4.